The van der Waals surface area contributed by atoms with Crippen LogP contribution in [0.1, 0.15) is 22.3 Å². The molecule has 0 fully saturated rings. The van der Waals surface area contributed by atoms with Crippen molar-refractivity contribution in [3.8, 4) is 0 Å². The Kier molecular flexibility index (Phi) is 6.53. The lowest BCUT2D eigenvalue weighted by Crippen LogP contribution is -2.22. The maximum atomic E-state index is 14.9. The van der Waals surface area contributed by atoms with Crippen LogP contribution in [-0.4, -0.2) is 4.90 Å². The van der Waals surface area contributed by atoms with Crippen molar-refractivity contribution in [3.63, 3.8) is 0 Å². The Labute approximate surface area is 181 Å². The van der Waals surface area contributed by atoms with Crippen LogP contribution in [0.15, 0.2) is 109 Å². The number of benzene rings is 4. The Morgan fingerprint density at radius 2 is 1.06 bits per heavy atom. The van der Waals surface area contributed by atoms with Crippen LogP contribution in [0.5, 0.6) is 0 Å². The van der Waals surface area contributed by atoms with Gasteiger partial charge in [-0.05, 0) is 35.4 Å². The summed E-state index contributed by atoms with van der Waals surface area (Å²) in [6.07, 6.45) is 1.74. The molecule has 0 aliphatic carbocycles. The molecule has 0 atom stereocenters. The number of halogens is 2. The second-order valence-electron chi connectivity index (χ2n) is 7.36. The van der Waals surface area contributed by atoms with E-state index in [-0.39, 0.29) is 11.6 Å². The Morgan fingerprint density at radius 3 is 1.61 bits per heavy atom. The predicted molar refractivity (Wildman–Crippen MR) is 123 cm³/mol. The van der Waals surface area contributed by atoms with Gasteiger partial charge in [0.1, 0.15) is 11.6 Å². The Hall–Kier alpha value is -3.72. The Morgan fingerprint density at radius 1 is 0.581 bits per heavy atom. The van der Waals surface area contributed by atoms with E-state index in [1.807, 2.05) is 60.7 Å². The molecule has 0 spiro atoms. The van der Waals surface area contributed by atoms with Gasteiger partial charge in [0, 0.05) is 29.9 Å². The molecule has 0 saturated carbocycles. The molecule has 4 rings (SSSR count). The second-order valence-corrected chi connectivity index (χ2v) is 7.36. The van der Waals surface area contributed by atoms with E-state index in [0.29, 0.717) is 29.9 Å². The fraction of sp³-hybridized carbons (Fsp3) is 0.0714. The first kappa shape index (κ1) is 20.5. The van der Waals surface area contributed by atoms with Crippen LogP contribution in [0, 0.1) is 11.6 Å². The molecule has 0 unspecified atom stereocenters. The SMILES string of the molecule is Fc1ccccc1/C=C(\c1ccccc1F)N(Cc1ccccc1)Cc1ccccc1. The molecule has 0 aliphatic rings. The summed E-state index contributed by atoms with van der Waals surface area (Å²) in [6, 6.07) is 33.3. The van der Waals surface area contributed by atoms with Gasteiger partial charge in [-0.3, -0.25) is 0 Å². The quantitative estimate of drug-likeness (QED) is 0.292. The van der Waals surface area contributed by atoms with Crippen molar-refractivity contribution in [2.24, 2.45) is 0 Å². The van der Waals surface area contributed by atoms with Gasteiger partial charge in [0.2, 0.25) is 0 Å². The highest BCUT2D eigenvalue weighted by Crippen LogP contribution is 2.29. The molecule has 31 heavy (non-hydrogen) atoms. The highest BCUT2D eigenvalue weighted by atomic mass is 19.1. The number of nitrogens with zero attached hydrogens (tertiary/aromatic N) is 1. The highest BCUT2D eigenvalue weighted by molar-refractivity contribution is 5.80. The van der Waals surface area contributed by atoms with Gasteiger partial charge < -0.3 is 4.90 Å². The molecular weight excluding hydrogens is 388 g/mol. The summed E-state index contributed by atoms with van der Waals surface area (Å²) >= 11 is 0. The monoisotopic (exact) mass is 411 g/mol. The van der Waals surface area contributed by atoms with E-state index in [1.165, 1.54) is 12.1 Å². The first-order valence-electron chi connectivity index (χ1n) is 10.2. The average molecular weight is 411 g/mol. The first-order valence-corrected chi connectivity index (χ1v) is 10.2. The van der Waals surface area contributed by atoms with E-state index in [4.69, 9.17) is 0 Å². The molecular formula is C28H23F2N. The van der Waals surface area contributed by atoms with Crippen molar-refractivity contribution >= 4 is 11.8 Å². The van der Waals surface area contributed by atoms with Crippen molar-refractivity contribution in [2.45, 2.75) is 13.1 Å². The minimum atomic E-state index is -0.337. The van der Waals surface area contributed by atoms with E-state index in [9.17, 15) is 8.78 Å². The van der Waals surface area contributed by atoms with Crippen molar-refractivity contribution in [3.05, 3.63) is 143 Å². The number of hydrogen-bond acceptors (Lipinski definition) is 1. The van der Waals surface area contributed by atoms with Crippen molar-refractivity contribution in [2.75, 3.05) is 0 Å². The fourth-order valence-corrected chi connectivity index (χ4v) is 3.58. The van der Waals surface area contributed by atoms with E-state index >= 15 is 0 Å². The van der Waals surface area contributed by atoms with Crippen LogP contribution in [0.3, 0.4) is 0 Å². The summed E-state index contributed by atoms with van der Waals surface area (Å²) in [5.74, 6) is -0.674. The smallest absolute Gasteiger partial charge is 0.132 e. The van der Waals surface area contributed by atoms with Gasteiger partial charge in [0.25, 0.3) is 0 Å². The van der Waals surface area contributed by atoms with Gasteiger partial charge in [-0.15, -0.1) is 0 Å². The second kappa shape index (κ2) is 9.86. The van der Waals surface area contributed by atoms with E-state index < -0.39 is 0 Å². The molecule has 154 valence electrons. The summed E-state index contributed by atoms with van der Waals surface area (Å²) in [7, 11) is 0. The minimum absolute atomic E-state index is 0.337. The van der Waals surface area contributed by atoms with E-state index in [0.717, 1.165) is 11.1 Å². The molecule has 0 heterocycles. The molecule has 0 N–H and O–H groups in total. The van der Waals surface area contributed by atoms with Crippen LogP contribution < -0.4 is 0 Å². The summed E-state index contributed by atoms with van der Waals surface area (Å²) in [5.41, 5.74) is 3.68. The number of rotatable bonds is 7. The molecule has 4 aromatic rings. The van der Waals surface area contributed by atoms with Crippen LogP contribution in [0.4, 0.5) is 8.78 Å². The molecule has 4 aromatic carbocycles. The lowest BCUT2D eigenvalue weighted by atomic mass is 10.0. The van der Waals surface area contributed by atoms with Crippen LogP contribution in [-0.2, 0) is 13.1 Å². The molecule has 0 aliphatic heterocycles. The lowest BCUT2D eigenvalue weighted by Gasteiger charge is -2.29. The molecule has 0 amide bonds. The average Bonchev–Trinajstić information content (AvgIpc) is 2.80. The zero-order chi connectivity index (χ0) is 21.5. The van der Waals surface area contributed by atoms with Crippen molar-refractivity contribution in [1.29, 1.82) is 0 Å². The van der Waals surface area contributed by atoms with Gasteiger partial charge in [0.05, 0.1) is 0 Å². The standard InChI is InChI=1S/C28H23F2N/c29-26-17-9-7-15-24(26)19-28(25-16-8-10-18-27(25)30)31(20-22-11-3-1-4-12-22)21-23-13-5-2-6-14-23/h1-19H,20-21H2/b28-19+. The topological polar surface area (TPSA) is 3.24 Å². The summed E-state index contributed by atoms with van der Waals surface area (Å²) in [5, 5.41) is 0. The summed E-state index contributed by atoms with van der Waals surface area (Å²) in [6.45, 7) is 1.12. The molecule has 3 heteroatoms. The van der Waals surface area contributed by atoms with Crippen molar-refractivity contribution in [1.82, 2.24) is 4.90 Å². The molecule has 0 bridgehead atoms. The van der Waals surface area contributed by atoms with E-state index in [1.54, 1.807) is 42.5 Å². The first-order chi connectivity index (χ1) is 15.2. The van der Waals surface area contributed by atoms with Crippen LogP contribution in [0.25, 0.3) is 11.8 Å². The maximum Gasteiger partial charge on any atom is 0.132 e. The zero-order valence-electron chi connectivity index (χ0n) is 17.1. The van der Waals surface area contributed by atoms with Gasteiger partial charge in [-0.1, -0.05) is 91.0 Å². The summed E-state index contributed by atoms with van der Waals surface area (Å²) < 4.78 is 29.4. The normalized spacial score (nSPS) is 11.4. The fourth-order valence-electron chi connectivity index (χ4n) is 3.58. The van der Waals surface area contributed by atoms with E-state index in [2.05, 4.69) is 4.90 Å². The lowest BCUT2D eigenvalue weighted by molar-refractivity contribution is 0.383. The summed E-state index contributed by atoms with van der Waals surface area (Å²) in [4.78, 5) is 2.09. The number of hydrogen-bond donors (Lipinski definition) is 0. The van der Waals surface area contributed by atoms with Gasteiger partial charge in [-0.2, -0.15) is 0 Å². The maximum absolute atomic E-state index is 14.9. The third-order valence-corrected chi connectivity index (χ3v) is 5.12. The highest BCUT2D eigenvalue weighted by Gasteiger charge is 2.17. The molecule has 1 nitrogen and oxygen atoms in total. The largest absolute Gasteiger partial charge is 0.362 e. The van der Waals surface area contributed by atoms with Crippen LogP contribution >= 0.6 is 0 Å². The Bertz CT molecular complexity index is 1110. The van der Waals surface area contributed by atoms with Gasteiger partial charge in [0.15, 0.2) is 0 Å². The third-order valence-electron chi connectivity index (χ3n) is 5.12. The molecule has 0 saturated heterocycles. The van der Waals surface area contributed by atoms with Gasteiger partial charge >= 0.3 is 0 Å². The predicted octanol–water partition coefficient (Wildman–Crippen LogP) is 7.17. The van der Waals surface area contributed by atoms with Crippen molar-refractivity contribution < 1.29 is 8.78 Å². The van der Waals surface area contributed by atoms with Crippen LogP contribution in [0.2, 0.25) is 0 Å². The molecule has 0 radical (unpaired) electrons. The molecule has 0 aromatic heterocycles. The third kappa shape index (κ3) is 5.26. The Balaban J connectivity index is 1.84. The van der Waals surface area contributed by atoms with Gasteiger partial charge in [-0.25, -0.2) is 8.78 Å². The minimum Gasteiger partial charge on any atom is -0.362 e. The zero-order valence-corrected chi connectivity index (χ0v) is 17.1.